The zero-order valence-corrected chi connectivity index (χ0v) is 17.7. The molecule has 0 unspecified atom stereocenters. The Kier molecular flexibility index (Phi) is 7.17. The van der Waals surface area contributed by atoms with Crippen molar-refractivity contribution >= 4 is 29.1 Å². The summed E-state index contributed by atoms with van der Waals surface area (Å²) in [4.78, 5) is 27.8. The summed E-state index contributed by atoms with van der Waals surface area (Å²) < 4.78 is 16.4. The Hall–Kier alpha value is -2.51. The highest BCUT2D eigenvalue weighted by Gasteiger charge is 2.39. The van der Waals surface area contributed by atoms with E-state index in [0.29, 0.717) is 35.0 Å². The molecule has 0 bridgehead atoms. The second kappa shape index (κ2) is 9.80. The Labute approximate surface area is 174 Å². The summed E-state index contributed by atoms with van der Waals surface area (Å²) in [7, 11) is 0. The molecular weight excluding hydrogens is 390 g/mol. The molecule has 2 aromatic rings. The minimum Gasteiger partial charge on any atom is -0.494 e. The Morgan fingerprint density at radius 1 is 1.10 bits per heavy atom. The molecule has 0 saturated heterocycles. The Morgan fingerprint density at radius 2 is 1.86 bits per heavy atom. The van der Waals surface area contributed by atoms with E-state index in [1.54, 1.807) is 12.3 Å². The van der Waals surface area contributed by atoms with Crippen LogP contribution < -0.4 is 4.74 Å². The first kappa shape index (κ1) is 21.2. The van der Waals surface area contributed by atoms with Gasteiger partial charge in [0.05, 0.1) is 48.4 Å². The number of hydrogen-bond donors (Lipinski definition) is 0. The highest BCUT2D eigenvalue weighted by molar-refractivity contribution is 8.03. The molecule has 0 radical (unpaired) electrons. The van der Waals surface area contributed by atoms with Gasteiger partial charge in [-0.1, -0.05) is 12.1 Å². The van der Waals surface area contributed by atoms with Gasteiger partial charge in [-0.15, -0.1) is 11.8 Å². The van der Waals surface area contributed by atoms with E-state index in [2.05, 4.69) is 0 Å². The first-order valence-electron chi connectivity index (χ1n) is 9.61. The number of furan rings is 1. The predicted octanol–water partition coefficient (Wildman–Crippen LogP) is 4.12. The highest BCUT2D eigenvalue weighted by Crippen LogP contribution is 2.37. The van der Waals surface area contributed by atoms with Crippen LogP contribution in [0, 0.1) is 0 Å². The normalized spacial score (nSPS) is 14.4. The zero-order valence-electron chi connectivity index (χ0n) is 16.8. The average molecular weight is 416 g/mol. The van der Waals surface area contributed by atoms with Crippen LogP contribution in [-0.4, -0.2) is 42.6 Å². The lowest BCUT2D eigenvalue weighted by molar-refractivity contribution is -0.137. The van der Waals surface area contributed by atoms with E-state index in [9.17, 15) is 9.59 Å². The molecule has 7 heteroatoms. The van der Waals surface area contributed by atoms with Gasteiger partial charge in [-0.25, -0.2) is 0 Å². The molecule has 3 rings (SSSR count). The number of amides is 2. The summed E-state index contributed by atoms with van der Waals surface area (Å²) in [6.45, 7) is 6.84. The van der Waals surface area contributed by atoms with Gasteiger partial charge in [-0.3, -0.25) is 14.5 Å². The third-order valence-electron chi connectivity index (χ3n) is 4.28. The van der Waals surface area contributed by atoms with Gasteiger partial charge in [0.25, 0.3) is 11.8 Å². The fourth-order valence-electron chi connectivity index (χ4n) is 2.95. The molecule has 0 saturated carbocycles. The van der Waals surface area contributed by atoms with Crippen LogP contribution in [0.15, 0.2) is 52.0 Å². The average Bonchev–Trinajstić information content (AvgIpc) is 3.29. The molecule has 1 aliphatic heterocycles. The minimum atomic E-state index is -0.298. The lowest BCUT2D eigenvalue weighted by atomic mass is 10.1. The van der Waals surface area contributed by atoms with Crippen LogP contribution >= 0.6 is 11.8 Å². The first-order chi connectivity index (χ1) is 14.0. The highest BCUT2D eigenvalue weighted by atomic mass is 32.2. The lowest BCUT2D eigenvalue weighted by Crippen LogP contribution is -2.35. The predicted molar refractivity (Wildman–Crippen MR) is 112 cm³/mol. The van der Waals surface area contributed by atoms with Gasteiger partial charge in [-0.05, 0) is 50.6 Å². The van der Waals surface area contributed by atoms with Crippen molar-refractivity contribution in [1.82, 2.24) is 4.90 Å². The Morgan fingerprint density at radius 3 is 2.48 bits per heavy atom. The summed E-state index contributed by atoms with van der Waals surface area (Å²) >= 11 is 1.32. The Balaban J connectivity index is 1.86. The van der Waals surface area contributed by atoms with Crippen LogP contribution in [0.3, 0.4) is 0 Å². The SMILES string of the molecule is CCOc1ccc(C2=C(SCc3ccco3)C(=O)N(CCOC(C)C)C2=O)cc1. The van der Waals surface area contributed by atoms with Crippen molar-refractivity contribution in [3.63, 3.8) is 0 Å². The number of imide groups is 1. The lowest BCUT2D eigenvalue weighted by Gasteiger charge is -2.16. The van der Waals surface area contributed by atoms with Crippen LogP contribution in [0.5, 0.6) is 5.75 Å². The fourth-order valence-corrected chi connectivity index (χ4v) is 3.98. The molecule has 1 aliphatic rings. The molecule has 0 atom stereocenters. The molecule has 0 aliphatic carbocycles. The van der Waals surface area contributed by atoms with E-state index in [0.717, 1.165) is 11.5 Å². The first-order valence-corrected chi connectivity index (χ1v) is 10.6. The van der Waals surface area contributed by atoms with Crippen LogP contribution in [0.25, 0.3) is 5.57 Å². The number of nitrogens with zero attached hydrogens (tertiary/aromatic N) is 1. The Bertz CT molecular complexity index is 871. The maximum absolute atomic E-state index is 13.1. The molecule has 2 heterocycles. The van der Waals surface area contributed by atoms with Gasteiger partial charge >= 0.3 is 0 Å². The number of benzene rings is 1. The molecule has 29 heavy (non-hydrogen) atoms. The molecule has 1 aromatic heterocycles. The molecule has 2 amide bonds. The molecule has 6 nitrogen and oxygen atoms in total. The topological polar surface area (TPSA) is 69.0 Å². The smallest absolute Gasteiger partial charge is 0.268 e. The summed E-state index contributed by atoms with van der Waals surface area (Å²) in [5.41, 5.74) is 1.11. The third-order valence-corrected chi connectivity index (χ3v) is 5.38. The minimum absolute atomic E-state index is 0.0362. The van der Waals surface area contributed by atoms with Crippen LogP contribution in [0.4, 0.5) is 0 Å². The summed E-state index contributed by atoms with van der Waals surface area (Å²) in [5.74, 6) is 1.35. The van der Waals surface area contributed by atoms with Crippen molar-refractivity contribution in [2.24, 2.45) is 0 Å². The molecule has 0 fully saturated rings. The third kappa shape index (κ3) is 5.10. The quantitative estimate of drug-likeness (QED) is 0.544. The van der Waals surface area contributed by atoms with Crippen molar-refractivity contribution in [2.45, 2.75) is 32.6 Å². The van der Waals surface area contributed by atoms with Crippen LogP contribution in [-0.2, 0) is 20.1 Å². The van der Waals surface area contributed by atoms with Gasteiger partial charge in [0.2, 0.25) is 0 Å². The molecular formula is C22H25NO5S. The second-order valence-electron chi connectivity index (χ2n) is 6.71. The largest absolute Gasteiger partial charge is 0.494 e. The van der Waals surface area contributed by atoms with Gasteiger partial charge in [0.1, 0.15) is 11.5 Å². The monoisotopic (exact) mass is 415 g/mol. The van der Waals surface area contributed by atoms with E-state index in [-0.39, 0.29) is 24.5 Å². The van der Waals surface area contributed by atoms with Crippen molar-refractivity contribution in [2.75, 3.05) is 19.8 Å². The second-order valence-corrected chi connectivity index (χ2v) is 7.70. The summed E-state index contributed by atoms with van der Waals surface area (Å²) in [6.07, 6.45) is 1.63. The summed E-state index contributed by atoms with van der Waals surface area (Å²) in [5, 5.41) is 0. The van der Waals surface area contributed by atoms with E-state index in [4.69, 9.17) is 13.9 Å². The molecule has 1 aromatic carbocycles. The number of ether oxygens (including phenoxy) is 2. The number of hydrogen-bond acceptors (Lipinski definition) is 6. The fraction of sp³-hybridized carbons (Fsp3) is 0.364. The van der Waals surface area contributed by atoms with Gasteiger partial charge in [0.15, 0.2) is 0 Å². The van der Waals surface area contributed by atoms with Crippen molar-refractivity contribution in [1.29, 1.82) is 0 Å². The molecule has 0 N–H and O–H groups in total. The van der Waals surface area contributed by atoms with Crippen molar-refractivity contribution in [3.05, 3.63) is 58.9 Å². The summed E-state index contributed by atoms with van der Waals surface area (Å²) in [6, 6.07) is 10.9. The zero-order chi connectivity index (χ0) is 20.8. The number of carbonyl (C=O) groups excluding carboxylic acids is 2. The van der Waals surface area contributed by atoms with Crippen LogP contribution in [0.2, 0.25) is 0 Å². The van der Waals surface area contributed by atoms with Crippen molar-refractivity contribution < 1.29 is 23.5 Å². The van der Waals surface area contributed by atoms with Gasteiger partial charge < -0.3 is 13.9 Å². The standard InChI is InChI=1S/C22H25NO5S/c1-4-26-17-9-7-16(8-10-17)19-20(29-14-18-6-5-12-28-18)22(25)23(21(19)24)11-13-27-15(2)3/h5-10,12,15H,4,11,13-14H2,1-3H3. The van der Waals surface area contributed by atoms with E-state index >= 15 is 0 Å². The van der Waals surface area contributed by atoms with Gasteiger partial charge in [-0.2, -0.15) is 0 Å². The molecule has 154 valence electrons. The maximum Gasteiger partial charge on any atom is 0.268 e. The van der Waals surface area contributed by atoms with E-state index in [1.807, 2.05) is 51.1 Å². The number of carbonyl (C=O) groups is 2. The maximum atomic E-state index is 13.1. The van der Waals surface area contributed by atoms with Crippen molar-refractivity contribution in [3.8, 4) is 5.75 Å². The van der Waals surface area contributed by atoms with Crippen LogP contribution in [0.1, 0.15) is 32.1 Å². The van der Waals surface area contributed by atoms with E-state index in [1.165, 1.54) is 16.7 Å². The molecule has 0 spiro atoms. The van der Waals surface area contributed by atoms with E-state index < -0.39 is 0 Å². The number of thioether (sulfide) groups is 1. The van der Waals surface area contributed by atoms with Gasteiger partial charge in [0, 0.05) is 0 Å². The number of rotatable bonds is 10.